The first-order valence-electron chi connectivity index (χ1n) is 4.30. The van der Waals surface area contributed by atoms with Crippen LogP contribution in [0.4, 0.5) is 11.5 Å². The Morgan fingerprint density at radius 1 is 1.77 bits per heavy atom. The number of nitrogens with one attached hydrogen (secondary N) is 1. The Morgan fingerprint density at radius 2 is 2.46 bits per heavy atom. The van der Waals surface area contributed by atoms with Crippen LogP contribution < -0.4 is 11.1 Å². The molecule has 0 amide bonds. The molecule has 5 heteroatoms. The Hall–Kier alpha value is -1.23. The standard InChI is InChI=1S/C8H16N4O/c1-6(13)3-4-10-8-7(9)5-12(2)11-8/h5-6,13H,3-4,9H2,1-2H3,(H,10,11). The highest BCUT2D eigenvalue weighted by molar-refractivity contribution is 5.59. The second-order valence-corrected chi connectivity index (χ2v) is 3.17. The number of anilines is 2. The first-order chi connectivity index (χ1) is 6.09. The Bertz CT molecular complexity index is 269. The van der Waals surface area contributed by atoms with Gasteiger partial charge in [-0.15, -0.1) is 0 Å². The van der Waals surface area contributed by atoms with Gasteiger partial charge in [-0.3, -0.25) is 4.68 Å². The van der Waals surface area contributed by atoms with Crippen molar-refractivity contribution in [3.05, 3.63) is 6.20 Å². The molecule has 1 unspecified atom stereocenters. The van der Waals surface area contributed by atoms with Crippen molar-refractivity contribution in [1.82, 2.24) is 9.78 Å². The van der Waals surface area contributed by atoms with E-state index in [-0.39, 0.29) is 6.10 Å². The molecule has 0 radical (unpaired) electrons. The summed E-state index contributed by atoms with van der Waals surface area (Å²) in [4.78, 5) is 0. The van der Waals surface area contributed by atoms with Gasteiger partial charge < -0.3 is 16.2 Å². The molecular weight excluding hydrogens is 168 g/mol. The molecule has 0 spiro atoms. The second kappa shape index (κ2) is 4.13. The maximum absolute atomic E-state index is 9.01. The second-order valence-electron chi connectivity index (χ2n) is 3.17. The average molecular weight is 184 g/mol. The van der Waals surface area contributed by atoms with Crippen LogP contribution in [0.1, 0.15) is 13.3 Å². The number of aliphatic hydroxyl groups is 1. The third-order valence-corrected chi connectivity index (χ3v) is 1.71. The first kappa shape index (κ1) is 9.85. The summed E-state index contributed by atoms with van der Waals surface area (Å²) < 4.78 is 1.65. The Balaban J connectivity index is 2.40. The summed E-state index contributed by atoms with van der Waals surface area (Å²) in [6.45, 7) is 2.43. The third-order valence-electron chi connectivity index (χ3n) is 1.71. The topological polar surface area (TPSA) is 76.1 Å². The molecule has 1 heterocycles. The number of aliphatic hydroxyl groups excluding tert-OH is 1. The lowest BCUT2D eigenvalue weighted by molar-refractivity contribution is 0.188. The van der Waals surface area contributed by atoms with Crippen LogP contribution in [0.2, 0.25) is 0 Å². The fourth-order valence-corrected chi connectivity index (χ4v) is 1.04. The molecule has 74 valence electrons. The molecule has 1 rings (SSSR count). The van der Waals surface area contributed by atoms with Crippen LogP contribution >= 0.6 is 0 Å². The molecule has 0 aliphatic carbocycles. The molecule has 0 aliphatic heterocycles. The van der Waals surface area contributed by atoms with E-state index < -0.39 is 0 Å². The molecular formula is C8H16N4O. The van der Waals surface area contributed by atoms with E-state index in [4.69, 9.17) is 10.8 Å². The van der Waals surface area contributed by atoms with E-state index in [0.717, 1.165) is 0 Å². The number of aryl methyl sites for hydroxylation is 1. The van der Waals surface area contributed by atoms with E-state index in [1.807, 2.05) is 7.05 Å². The van der Waals surface area contributed by atoms with Crippen molar-refractivity contribution in [3.8, 4) is 0 Å². The van der Waals surface area contributed by atoms with Gasteiger partial charge >= 0.3 is 0 Å². The maximum atomic E-state index is 9.01. The minimum atomic E-state index is -0.294. The Kier molecular flexibility index (Phi) is 3.13. The molecule has 1 aromatic rings. The van der Waals surface area contributed by atoms with Gasteiger partial charge in [0.25, 0.3) is 0 Å². The molecule has 1 atom stereocenters. The van der Waals surface area contributed by atoms with E-state index in [1.165, 1.54) is 0 Å². The summed E-state index contributed by atoms with van der Waals surface area (Å²) in [5.41, 5.74) is 6.28. The van der Waals surface area contributed by atoms with E-state index >= 15 is 0 Å². The minimum Gasteiger partial charge on any atom is -0.394 e. The van der Waals surface area contributed by atoms with Gasteiger partial charge in [-0.05, 0) is 13.3 Å². The monoisotopic (exact) mass is 184 g/mol. The zero-order valence-corrected chi connectivity index (χ0v) is 7.99. The molecule has 0 fully saturated rings. The summed E-state index contributed by atoms with van der Waals surface area (Å²) in [5.74, 6) is 0.683. The molecule has 0 bridgehead atoms. The molecule has 5 nitrogen and oxygen atoms in total. The lowest BCUT2D eigenvalue weighted by Gasteiger charge is -2.05. The number of nitrogen functional groups attached to an aromatic ring is 1. The molecule has 1 aromatic heterocycles. The van der Waals surface area contributed by atoms with Crippen molar-refractivity contribution in [1.29, 1.82) is 0 Å². The fraction of sp³-hybridized carbons (Fsp3) is 0.625. The molecule has 0 saturated heterocycles. The lowest BCUT2D eigenvalue weighted by Crippen LogP contribution is -2.10. The van der Waals surface area contributed by atoms with Gasteiger partial charge in [0.05, 0.1) is 11.8 Å². The Morgan fingerprint density at radius 3 is 2.92 bits per heavy atom. The summed E-state index contributed by atoms with van der Waals surface area (Å²) in [7, 11) is 1.82. The van der Waals surface area contributed by atoms with Gasteiger partial charge in [-0.1, -0.05) is 0 Å². The van der Waals surface area contributed by atoms with E-state index in [9.17, 15) is 0 Å². The molecule has 13 heavy (non-hydrogen) atoms. The summed E-state index contributed by atoms with van der Waals surface area (Å²) in [6, 6.07) is 0. The number of nitrogens with two attached hydrogens (primary N) is 1. The van der Waals surface area contributed by atoms with Crippen LogP contribution in [0.3, 0.4) is 0 Å². The van der Waals surface area contributed by atoms with Crippen LogP contribution in [0.5, 0.6) is 0 Å². The molecule has 0 aliphatic rings. The van der Waals surface area contributed by atoms with Crippen molar-refractivity contribution in [2.24, 2.45) is 7.05 Å². The highest BCUT2D eigenvalue weighted by atomic mass is 16.3. The average Bonchev–Trinajstić information content (AvgIpc) is 2.29. The quantitative estimate of drug-likeness (QED) is 0.624. The van der Waals surface area contributed by atoms with Gasteiger partial charge in [-0.25, -0.2) is 0 Å². The van der Waals surface area contributed by atoms with Gasteiger partial charge in [-0.2, -0.15) is 5.10 Å². The minimum absolute atomic E-state index is 0.294. The number of nitrogens with zero attached hydrogens (tertiary/aromatic N) is 2. The van der Waals surface area contributed by atoms with Crippen LogP contribution in [-0.4, -0.2) is 27.5 Å². The van der Waals surface area contributed by atoms with Crippen LogP contribution in [0, 0.1) is 0 Å². The predicted molar refractivity (Wildman–Crippen MR) is 52.4 cm³/mol. The van der Waals surface area contributed by atoms with E-state index in [2.05, 4.69) is 10.4 Å². The van der Waals surface area contributed by atoms with Crippen LogP contribution in [-0.2, 0) is 7.05 Å². The fourth-order valence-electron chi connectivity index (χ4n) is 1.04. The van der Waals surface area contributed by atoms with Crippen molar-refractivity contribution in [3.63, 3.8) is 0 Å². The molecule has 0 aromatic carbocycles. The van der Waals surface area contributed by atoms with E-state index in [0.29, 0.717) is 24.5 Å². The summed E-state index contributed by atoms with van der Waals surface area (Å²) in [6.07, 6.45) is 2.14. The van der Waals surface area contributed by atoms with Crippen LogP contribution in [0.15, 0.2) is 6.20 Å². The smallest absolute Gasteiger partial charge is 0.171 e. The largest absolute Gasteiger partial charge is 0.394 e. The SMILES string of the molecule is CC(O)CCNc1nn(C)cc1N. The van der Waals surface area contributed by atoms with Crippen molar-refractivity contribution in [2.75, 3.05) is 17.6 Å². The zero-order valence-electron chi connectivity index (χ0n) is 7.99. The number of hydrogen-bond donors (Lipinski definition) is 3. The summed E-state index contributed by atoms with van der Waals surface area (Å²) in [5, 5.41) is 16.2. The number of rotatable bonds is 4. The predicted octanol–water partition coefficient (Wildman–Crippen LogP) is 0.185. The molecule has 0 saturated carbocycles. The summed E-state index contributed by atoms with van der Waals surface area (Å²) >= 11 is 0. The van der Waals surface area contributed by atoms with Gasteiger partial charge in [0.1, 0.15) is 0 Å². The maximum Gasteiger partial charge on any atom is 0.171 e. The van der Waals surface area contributed by atoms with Crippen molar-refractivity contribution >= 4 is 11.5 Å². The third kappa shape index (κ3) is 2.95. The Labute approximate surface area is 77.5 Å². The normalized spacial score (nSPS) is 12.8. The number of hydrogen-bond acceptors (Lipinski definition) is 4. The highest BCUT2D eigenvalue weighted by Crippen LogP contribution is 2.13. The first-order valence-corrected chi connectivity index (χ1v) is 4.30. The van der Waals surface area contributed by atoms with Crippen molar-refractivity contribution < 1.29 is 5.11 Å². The number of aromatic nitrogens is 2. The van der Waals surface area contributed by atoms with Gasteiger partial charge in [0, 0.05) is 19.8 Å². The van der Waals surface area contributed by atoms with Crippen LogP contribution in [0.25, 0.3) is 0 Å². The van der Waals surface area contributed by atoms with Gasteiger partial charge in [0.2, 0.25) is 0 Å². The molecule has 4 N–H and O–H groups in total. The highest BCUT2D eigenvalue weighted by Gasteiger charge is 2.03. The van der Waals surface area contributed by atoms with Crippen molar-refractivity contribution in [2.45, 2.75) is 19.4 Å². The van der Waals surface area contributed by atoms with E-state index in [1.54, 1.807) is 17.8 Å². The lowest BCUT2D eigenvalue weighted by atomic mass is 10.3. The van der Waals surface area contributed by atoms with Gasteiger partial charge in [0.15, 0.2) is 5.82 Å². The zero-order chi connectivity index (χ0) is 9.84.